The molecule has 0 radical (unpaired) electrons. The lowest BCUT2D eigenvalue weighted by Crippen LogP contribution is -2.13. The summed E-state index contributed by atoms with van der Waals surface area (Å²) in [5, 5.41) is 8.80. The van der Waals surface area contributed by atoms with Crippen LogP contribution in [0.5, 0.6) is 0 Å². The van der Waals surface area contributed by atoms with Gasteiger partial charge in [0.05, 0.1) is 28.8 Å². The topological polar surface area (TPSA) is 127 Å². The number of hydrogen-bond donors (Lipinski definition) is 2. The fraction of sp³-hybridized carbons (Fsp3) is 0.211. The molecule has 0 unspecified atom stereocenters. The summed E-state index contributed by atoms with van der Waals surface area (Å²) in [5.41, 5.74) is 0.815. The summed E-state index contributed by atoms with van der Waals surface area (Å²) >= 11 is 0. The number of esters is 1. The zero-order chi connectivity index (χ0) is 21.5. The van der Waals surface area contributed by atoms with Crippen molar-refractivity contribution in [3.05, 3.63) is 60.2 Å². The van der Waals surface area contributed by atoms with E-state index in [4.69, 9.17) is 9.84 Å². The maximum atomic E-state index is 12.5. The number of rotatable bonds is 9. The van der Waals surface area contributed by atoms with Crippen LogP contribution in [0, 0.1) is 0 Å². The molecule has 2 rings (SSSR count). The minimum atomic E-state index is -3.88. The van der Waals surface area contributed by atoms with Gasteiger partial charge in [0.2, 0.25) is 0 Å². The summed E-state index contributed by atoms with van der Waals surface area (Å²) < 4.78 is 55.9. The molecular formula is C19H21NO7S2. The van der Waals surface area contributed by atoms with Gasteiger partial charge < -0.3 is 9.84 Å². The Labute approximate surface area is 169 Å². The van der Waals surface area contributed by atoms with Gasteiger partial charge in [0.15, 0.2) is 9.84 Å². The summed E-state index contributed by atoms with van der Waals surface area (Å²) in [6, 6.07) is 11.0. The van der Waals surface area contributed by atoms with Gasteiger partial charge in [-0.25, -0.2) is 21.6 Å². The Kier molecular flexibility index (Phi) is 7.54. The fourth-order valence-electron chi connectivity index (χ4n) is 2.30. The molecule has 0 atom stereocenters. The highest BCUT2D eigenvalue weighted by atomic mass is 32.2. The number of hydrogen-bond acceptors (Lipinski definition) is 7. The molecule has 0 aliphatic carbocycles. The zero-order valence-corrected chi connectivity index (χ0v) is 17.2. The molecule has 0 aromatic heterocycles. The molecule has 0 aliphatic rings. The van der Waals surface area contributed by atoms with Gasteiger partial charge in [-0.15, -0.1) is 0 Å². The predicted octanol–water partition coefficient (Wildman–Crippen LogP) is 1.83. The van der Waals surface area contributed by atoms with Crippen molar-refractivity contribution in [3.8, 4) is 0 Å². The van der Waals surface area contributed by atoms with Gasteiger partial charge in [0, 0.05) is 11.8 Å². The van der Waals surface area contributed by atoms with Crippen molar-refractivity contribution in [2.24, 2.45) is 0 Å². The number of ether oxygens (including phenoxy) is 1. The summed E-state index contributed by atoms with van der Waals surface area (Å²) in [7, 11) is -7.49. The average molecular weight is 440 g/mol. The Bertz CT molecular complexity index is 1070. The summed E-state index contributed by atoms with van der Waals surface area (Å²) in [4.78, 5) is 11.3. The van der Waals surface area contributed by atoms with E-state index in [1.807, 2.05) is 0 Å². The van der Waals surface area contributed by atoms with Gasteiger partial charge in [-0.05, 0) is 55.0 Å². The normalized spacial score (nSPS) is 12.1. The van der Waals surface area contributed by atoms with Crippen molar-refractivity contribution < 1.29 is 31.5 Å². The van der Waals surface area contributed by atoms with Crippen LogP contribution in [0.1, 0.15) is 12.5 Å². The molecule has 0 amide bonds. The molecule has 0 heterocycles. The number of carbonyl (C=O) groups is 1. The molecule has 0 spiro atoms. The van der Waals surface area contributed by atoms with Gasteiger partial charge in [0.25, 0.3) is 10.0 Å². The van der Waals surface area contributed by atoms with Crippen LogP contribution >= 0.6 is 0 Å². The Balaban J connectivity index is 2.12. The first-order valence-corrected chi connectivity index (χ1v) is 11.7. The average Bonchev–Trinajstić information content (AvgIpc) is 2.67. The van der Waals surface area contributed by atoms with Crippen molar-refractivity contribution in [2.75, 3.05) is 23.7 Å². The minimum absolute atomic E-state index is 0.00256. The van der Waals surface area contributed by atoms with Crippen LogP contribution in [0.25, 0.3) is 6.08 Å². The molecule has 29 heavy (non-hydrogen) atoms. The standard InChI is InChI=1S/C19H21NO7S2/c1-2-27-19(22)12-5-15-3-8-18(9-4-15)29(25,26)20-16-6-10-17(11-7-16)28(23,24)14-13-21/h3-12,20-21H,2,13-14H2,1H3/b12-5+. The van der Waals surface area contributed by atoms with Crippen LogP contribution in [-0.4, -0.2) is 46.9 Å². The smallest absolute Gasteiger partial charge is 0.330 e. The van der Waals surface area contributed by atoms with E-state index in [2.05, 4.69) is 4.72 Å². The SMILES string of the molecule is CCOC(=O)/C=C/c1ccc(S(=O)(=O)Nc2ccc(S(=O)(=O)CCO)cc2)cc1. The molecule has 10 heteroatoms. The summed E-state index contributed by atoms with van der Waals surface area (Å²) in [6.45, 7) is 1.46. The van der Waals surface area contributed by atoms with E-state index in [1.54, 1.807) is 6.92 Å². The lowest BCUT2D eigenvalue weighted by atomic mass is 10.2. The Morgan fingerprint density at radius 3 is 2.14 bits per heavy atom. The fourth-order valence-corrected chi connectivity index (χ4v) is 4.38. The maximum Gasteiger partial charge on any atom is 0.330 e. The number of aliphatic hydroxyl groups excluding tert-OH is 1. The molecule has 0 aliphatic heterocycles. The number of sulfone groups is 1. The molecule has 0 fully saturated rings. The maximum absolute atomic E-state index is 12.5. The molecule has 8 nitrogen and oxygen atoms in total. The molecule has 156 valence electrons. The lowest BCUT2D eigenvalue weighted by molar-refractivity contribution is -0.137. The first-order valence-electron chi connectivity index (χ1n) is 8.59. The van der Waals surface area contributed by atoms with Crippen molar-refractivity contribution >= 4 is 37.6 Å². The molecule has 2 aromatic rings. The van der Waals surface area contributed by atoms with Crippen LogP contribution in [-0.2, 0) is 29.4 Å². The zero-order valence-electron chi connectivity index (χ0n) is 15.6. The second-order valence-electron chi connectivity index (χ2n) is 5.83. The molecule has 2 N–H and O–H groups in total. The number of benzene rings is 2. The van der Waals surface area contributed by atoms with Gasteiger partial charge in [-0.3, -0.25) is 4.72 Å². The Hall–Kier alpha value is -2.69. The minimum Gasteiger partial charge on any atom is -0.463 e. The third kappa shape index (κ3) is 6.41. The van der Waals surface area contributed by atoms with Crippen LogP contribution in [0.3, 0.4) is 0 Å². The van der Waals surface area contributed by atoms with E-state index in [9.17, 15) is 21.6 Å². The van der Waals surface area contributed by atoms with Crippen molar-refractivity contribution in [1.82, 2.24) is 0 Å². The molecule has 0 saturated heterocycles. The second-order valence-corrected chi connectivity index (χ2v) is 9.62. The predicted molar refractivity (Wildman–Crippen MR) is 108 cm³/mol. The highest BCUT2D eigenvalue weighted by Crippen LogP contribution is 2.20. The Morgan fingerprint density at radius 1 is 1.00 bits per heavy atom. The van der Waals surface area contributed by atoms with Gasteiger partial charge >= 0.3 is 5.97 Å². The van der Waals surface area contributed by atoms with Gasteiger partial charge in [-0.1, -0.05) is 12.1 Å². The van der Waals surface area contributed by atoms with Crippen molar-refractivity contribution in [3.63, 3.8) is 0 Å². The van der Waals surface area contributed by atoms with Crippen LogP contribution in [0.4, 0.5) is 5.69 Å². The quantitative estimate of drug-likeness (QED) is 0.451. The van der Waals surface area contributed by atoms with E-state index >= 15 is 0 Å². The number of anilines is 1. The highest BCUT2D eigenvalue weighted by molar-refractivity contribution is 7.92. The van der Waals surface area contributed by atoms with Crippen LogP contribution in [0.2, 0.25) is 0 Å². The number of aliphatic hydroxyl groups is 1. The third-order valence-electron chi connectivity index (χ3n) is 3.71. The molecular weight excluding hydrogens is 418 g/mol. The summed E-state index contributed by atoms with van der Waals surface area (Å²) in [5.74, 6) is -0.898. The first kappa shape index (κ1) is 22.6. The molecule has 2 aromatic carbocycles. The van der Waals surface area contributed by atoms with Crippen LogP contribution in [0.15, 0.2) is 64.4 Å². The second kappa shape index (κ2) is 9.68. The van der Waals surface area contributed by atoms with E-state index in [0.717, 1.165) is 0 Å². The van der Waals surface area contributed by atoms with E-state index in [0.29, 0.717) is 5.56 Å². The van der Waals surface area contributed by atoms with Crippen molar-refractivity contribution in [2.45, 2.75) is 16.7 Å². The van der Waals surface area contributed by atoms with Gasteiger partial charge in [-0.2, -0.15) is 0 Å². The van der Waals surface area contributed by atoms with Gasteiger partial charge in [0.1, 0.15) is 0 Å². The van der Waals surface area contributed by atoms with E-state index < -0.39 is 38.2 Å². The van der Waals surface area contributed by atoms with Crippen LogP contribution < -0.4 is 4.72 Å². The molecule has 0 bridgehead atoms. The number of carbonyl (C=O) groups excluding carboxylic acids is 1. The first-order chi connectivity index (χ1) is 13.7. The highest BCUT2D eigenvalue weighted by Gasteiger charge is 2.16. The monoisotopic (exact) mass is 439 g/mol. The third-order valence-corrected chi connectivity index (χ3v) is 6.82. The lowest BCUT2D eigenvalue weighted by Gasteiger charge is -2.09. The largest absolute Gasteiger partial charge is 0.463 e. The number of sulfonamides is 1. The van der Waals surface area contributed by atoms with Crippen molar-refractivity contribution in [1.29, 1.82) is 0 Å². The number of nitrogens with one attached hydrogen (secondary N) is 1. The van der Waals surface area contributed by atoms with E-state index in [-0.39, 0.29) is 22.1 Å². The molecule has 0 saturated carbocycles. The Morgan fingerprint density at radius 2 is 1.59 bits per heavy atom. The van der Waals surface area contributed by atoms with E-state index in [1.165, 1.54) is 60.7 Å². The summed E-state index contributed by atoms with van der Waals surface area (Å²) in [6.07, 6.45) is 2.75.